The van der Waals surface area contributed by atoms with E-state index in [1.165, 1.54) is 5.56 Å². The number of hydrogen-bond acceptors (Lipinski definition) is 3. The van der Waals surface area contributed by atoms with Crippen molar-refractivity contribution >= 4 is 21.9 Å². The van der Waals surface area contributed by atoms with Crippen LogP contribution in [0.25, 0.3) is 0 Å². The van der Waals surface area contributed by atoms with E-state index in [0.29, 0.717) is 6.42 Å². The maximum Gasteiger partial charge on any atom is 0.306 e. The first kappa shape index (κ1) is 16.5. The first-order chi connectivity index (χ1) is 10.1. The number of ether oxygens (including phenoxy) is 1. The van der Waals surface area contributed by atoms with Gasteiger partial charge in [-0.3, -0.25) is 9.69 Å². The Morgan fingerprint density at radius 3 is 2.76 bits per heavy atom. The Hall–Kier alpha value is -0.910. The molecule has 1 fully saturated rings. The van der Waals surface area contributed by atoms with Crippen molar-refractivity contribution in [2.24, 2.45) is 5.92 Å². The molecule has 0 radical (unpaired) electrons. The molecule has 116 valence electrons. The molecule has 1 heterocycles. The van der Waals surface area contributed by atoms with Crippen molar-refractivity contribution in [3.63, 3.8) is 0 Å². The van der Waals surface area contributed by atoms with Gasteiger partial charge >= 0.3 is 5.97 Å². The molecule has 1 aliphatic heterocycles. The van der Waals surface area contributed by atoms with Gasteiger partial charge in [0.2, 0.25) is 0 Å². The highest BCUT2D eigenvalue weighted by atomic mass is 79.9. The Bertz CT molecular complexity index is 486. The molecule has 1 atom stereocenters. The number of carboxylic acids is 1. The number of benzene rings is 1. The van der Waals surface area contributed by atoms with E-state index in [1.54, 1.807) is 6.92 Å². The molecule has 1 aromatic rings. The number of morpholine rings is 1. The van der Waals surface area contributed by atoms with Gasteiger partial charge in [0, 0.05) is 24.1 Å². The van der Waals surface area contributed by atoms with Gasteiger partial charge in [-0.1, -0.05) is 35.0 Å². The largest absolute Gasteiger partial charge is 0.481 e. The summed E-state index contributed by atoms with van der Waals surface area (Å²) >= 11 is 3.61. The van der Waals surface area contributed by atoms with Crippen LogP contribution in [0.4, 0.5) is 0 Å². The van der Waals surface area contributed by atoms with E-state index in [9.17, 15) is 4.79 Å². The Labute approximate surface area is 134 Å². The first-order valence-corrected chi connectivity index (χ1v) is 8.16. The Balaban J connectivity index is 1.90. The van der Waals surface area contributed by atoms with Crippen molar-refractivity contribution in [2.45, 2.75) is 19.8 Å². The lowest BCUT2D eigenvalue weighted by Gasteiger charge is -2.26. The summed E-state index contributed by atoms with van der Waals surface area (Å²) in [7, 11) is 0. The van der Waals surface area contributed by atoms with Gasteiger partial charge in [0.05, 0.1) is 19.1 Å². The second-order valence-electron chi connectivity index (χ2n) is 5.57. The summed E-state index contributed by atoms with van der Waals surface area (Å²) < 4.78 is 6.42. The summed E-state index contributed by atoms with van der Waals surface area (Å²) in [6, 6.07) is 6.20. The summed E-state index contributed by atoms with van der Waals surface area (Å²) in [4.78, 5) is 13.3. The van der Waals surface area contributed by atoms with E-state index in [4.69, 9.17) is 9.84 Å². The lowest BCUT2D eigenvalue weighted by molar-refractivity contribution is -0.141. The minimum atomic E-state index is -0.748. The predicted octanol–water partition coefficient (Wildman–Crippen LogP) is 2.59. The maximum atomic E-state index is 10.9. The van der Waals surface area contributed by atoms with Crippen molar-refractivity contribution in [3.05, 3.63) is 33.8 Å². The maximum absolute atomic E-state index is 10.9. The van der Waals surface area contributed by atoms with Crippen molar-refractivity contribution in [2.75, 3.05) is 32.8 Å². The summed E-state index contributed by atoms with van der Waals surface area (Å²) in [5.41, 5.74) is 2.33. The zero-order valence-corrected chi connectivity index (χ0v) is 13.9. The molecule has 2 rings (SSSR count). The van der Waals surface area contributed by atoms with E-state index in [0.717, 1.165) is 49.3 Å². The summed E-state index contributed by atoms with van der Waals surface area (Å²) in [5.74, 6) is -1.10. The molecular formula is C16H22BrNO3. The third kappa shape index (κ3) is 5.09. The Morgan fingerprint density at radius 1 is 1.43 bits per heavy atom. The summed E-state index contributed by atoms with van der Waals surface area (Å²) in [6.45, 7) is 6.44. The number of hydrogen-bond donors (Lipinski definition) is 1. The van der Waals surface area contributed by atoms with Crippen LogP contribution in [0, 0.1) is 5.92 Å². The van der Waals surface area contributed by atoms with Crippen molar-refractivity contribution in [1.82, 2.24) is 4.90 Å². The van der Waals surface area contributed by atoms with Gasteiger partial charge in [0.25, 0.3) is 0 Å². The average Bonchev–Trinajstić information content (AvgIpc) is 2.47. The second-order valence-corrected chi connectivity index (χ2v) is 6.43. The lowest BCUT2D eigenvalue weighted by Crippen LogP contribution is -2.37. The minimum absolute atomic E-state index is 0.351. The molecule has 1 saturated heterocycles. The normalized spacial score (nSPS) is 17.6. The lowest BCUT2D eigenvalue weighted by atomic mass is 9.99. The SMILES string of the molecule is CC(Cc1ccc(CCN2CCOCC2)c(Br)c1)C(=O)O. The molecule has 5 heteroatoms. The van der Waals surface area contributed by atoms with Gasteiger partial charge < -0.3 is 9.84 Å². The van der Waals surface area contributed by atoms with Crippen molar-refractivity contribution in [3.8, 4) is 0 Å². The number of carboxylic acid groups (broad SMARTS) is 1. The van der Waals surface area contributed by atoms with Crippen molar-refractivity contribution < 1.29 is 14.6 Å². The van der Waals surface area contributed by atoms with Gasteiger partial charge in [0.1, 0.15) is 0 Å². The Morgan fingerprint density at radius 2 is 2.14 bits per heavy atom. The van der Waals surface area contributed by atoms with Crippen LogP contribution in [0.15, 0.2) is 22.7 Å². The molecule has 0 bridgehead atoms. The van der Waals surface area contributed by atoms with Crippen molar-refractivity contribution in [1.29, 1.82) is 0 Å². The molecular weight excluding hydrogens is 334 g/mol. The molecule has 4 nitrogen and oxygen atoms in total. The molecule has 0 aliphatic carbocycles. The number of nitrogens with zero attached hydrogens (tertiary/aromatic N) is 1. The van der Waals surface area contributed by atoms with E-state index in [1.807, 2.05) is 12.1 Å². The Kier molecular flexibility index (Phi) is 6.21. The number of halogens is 1. The molecule has 0 aromatic heterocycles. The van der Waals surface area contributed by atoms with Crippen LogP contribution in [0.5, 0.6) is 0 Å². The van der Waals surface area contributed by atoms with Crippen LogP contribution >= 0.6 is 15.9 Å². The zero-order valence-electron chi connectivity index (χ0n) is 12.3. The molecule has 1 aliphatic rings. The van der Waals surface area contributed by atoms with Gasteiger partial charge in [-0.05, 0) is 30.0 Å². The number of rotatable bonds is 6. The monoisotopic (exact) mass is 355 g/mol. The molecule has 0 spiro atoms. The third-order valence-electron chi connectivity index (χ3n) is 3.88. The number of aliphatic carboxylic acids is 1. The third-order valence-corrected chi connectivity index (χ3v) is 4.62. The van der Waals surface area contributed by atoms with Crippen LogP contribution < -0.4 is 0 Å². The molecule has 0 amide bonds. The highest BCUT2D eigenvalue weighted by Gasteiger charge is 2.13. The second kappa shape index (κ2) is 7.92. The fraction of sp³-hybridized carbons (Fsp3) is 0.562. The fourth-order valence-corrected chi connectivity index (χ4v) is 3.09. The smallest absolute Gasteiger partial charge is 0.306 e. The molecule has 1 aromatic carbocycles. The molecule has 0 saturated carbocycles. The van der Waals surface area contributed by atoms with Gasteiger partial charge in [-0.25, -0.2) is 0 Å². The van der Waals surface area contributed by atoms with Crippen LogP contribution in [-0.2, 0) is 22.4 Å². The van der Waals surface area contributed by atoms with E-state index in [-0.39, 0.29) is 5.92 Å². The summed E-state index contributed by atoms with van der Waals surface area (Å²) in [6.07, 6.45) is 1.56. The quantitative estimate of drug-likeness (QED) is 0.851. The predicted molar refractivity (Wildman–Crippen MR) is 85.6 cm³/mol. The highest BCUT2D eigenvalue weighted by molar-refractivity contribution is 9.10. The van der Waals surface area contributed by atoms with E-state index in [2.05, 4.69) is 26.9 Å². The van der Waals surface area contributed by atoms with E-state index < -0.39 is 5.97 Å². The average molecular weight is 356 g/mol. The van der Waals surface area contributed by atoms with Crippen LogP contribution in [0.1, 0.15) is 18.1 Å². The molecule has 21 heavy (non-hydrogen) atoms. The molecule has 1 N–H and O–H groups in total. The molecule has 1 unspecified atom stereocenters. The van der Waals surface area contributed by atoms with Gasteiger partial charge in [-0.2, -0.15) is 0 Å². The highest BCUT2D eigenvalue weighted by Crippen LogP contribution is 2.21. The van der Waals surface area contributed by atoms with Crippen LogP contribution in [-0.4, -0.2) is 48.8 Å². The van der Waals surface area contributed by atoms with Gasteiger partial charge in [-0.15, -0.1) is 0 Å². The first-order valence-electron chi connectivity index (χ1n) is 7.36. The van der Waals surface area contributed by atoms with Gasteiger partial charge in [0.15, 0.2) is 0 Å². The zero-order chi connectivity index (χ0) is 15.2. The van der Waals surface area contributed by atoms with Crippen LogP contribution in [0.2, 0.25) is 0 Å². The standard InChI is InChI=1S/C16H22BrNO3/c1-12(16(19)20)10-13-2-3-14(15(17)11-13)4-5-18-6-8-21-9-7-18/h2-3,11-12H,4-10H2,1H3,(H,19,20). The topological polar surface area (TPSA) is 49.8 Å². The van der Waals surface area contributed by atoms with Crippen LogP contribution in [0.3, 0.4) is 0 Å². The minimum Gasteiger partial charge on any atom is -0.481 e. The number of carbonyl (C=O) groups is 1. The fourth-order valence-electron chi connectivity index (χ4n) is 2.46. The van der Waals surface area contributed by atoms with E-state index >= 15 is 0 Å². The summed E-state index contributed by atoms with van der Waals surface area (Å²) in [5, 5.41) is 8.97.